The summed E-state index contributed by atoms with van der Waals surface area (Å²) in [6.45, 7) is 4.82. The van der Waals surface area contributed by atoms with Gasteiger partial charge in [-0.3, -0.25) is 4.79 Å². The molecule has 21 heavy (non-hydrogen) atoms. The molecule has 2 aromatic rings. The number of aromatic nitrogens is 4. The molecule has 0 atom stereocenters. The van der Waals surface area contributed by atoms with Gasteiger partial charge in [0.05, 0.1) is 13.0 Å². The fraction of sp³-hybridized carbons (Fsp3) is 0.538. The van der Waals surface area contributed by atoms with Gasteiger partial charge in [0.1, 0.15) is 18.7 Å². The van der Waals surface area contributed by atoms with Crippen LogP contribution in [0.1, 0.15) is 19.7 Å². The van der Waals surface area contributed by atoms with Crippen LogP contribution in [0.5, 0.6) is 5.88 Å². The first-order valence-corrected chi connectivity index (χ1v) is 7.17. The Kier molecular flexibility index (Phi) is 4.95. The lowest BCUT2D eigenvalue weighted by atomic mass is 10.2. The van der Waals surface area contributed by atoms with E-state index in [-0.39, 0.29) is 18.3 Å². The minimum Gasteiger partial charge on any atom is -0.479 e. The van der Waals surface area contributed by atoms with Gasteiger partial charge >= 0.3 is 0 Å². The van der Waals surface area contributed by atoms with Crippen LogP contribution in [0.25, 0.3) is 11.2 Å². The van der Waals surface area contributed by atoms with Crippen LogP contribution in [-0.2, 0) is 17.2 Å². The quantitative estimate of drug-likeness (QED) is 0.814. The first kappa shape index (κ1) is 15.5. The second kappa shape index (κ2) is 6.71. The van der Waals surface area contributed by atoms with E-state index >= 15 is 0 Å². The molecule has 1 N–H and O–H groups in total. The predicted molar refractivity (Wildman–Crippen MR) is 79.3 cm³/mol. The number of ether oxygens (including phenoxy) is 1. The van der Waals surface area contributed by atoms with Gasteiger partial charge in [-0.1, -0.05) is 13.8 Å². The van der Waals surface area contributed by atoms with Crippen molar-refractivity contribution < 1.29 is 9.53 Å². The lowest BCUT2D eigenvalue weighted by Gasteiger charge is -2.10. The number of rotatable bonds is 6. The monoisotopic (exact) mass is 311 g/mol. The van der Waals surface area contributed by atoms with Crippen molar-refractivity contribution in [3.05, 3.63) is 12.2 Å². The SMILES string of the molecule is COc1ncnc2c1nc(CCl)n2CC(=O)NCC(C)C. The van der Waals surface area contributed by atoms with Crippen molar-refractivity contribution in [2.75, 3.05) is 13.7 Å². The summed E-state index contributed by atoms with van der Waals surface area (Å²) in [5, 5.41) is 2.86. The van der Waals surface area contributed by atoms with Gasteiger partial charge in [-0.2, -0.15) is 4.98 Å². The average molecular weight is 312 g/mol. The van der Waals surface area contributed by atoms with Gasteiger partial charge in [0, 0.05) is 6.54 Å². The summed E-state index contributed by atoms with van der Waals surface area (Å²) in [7, 11) is 1.51. The normalized spacial score (nSPS) is 11.1. The van der Waals surface area contributed by atoms with E-state index in [0.717, 1.165) is 0 Å². The molecule has 0 aromatic carbocycles. The van der Waals surface area contributed by atoms with E-state index in [0.29, 0.717) is 35.3 Å². The first-order chi connectivity index (χ1) is 10.1. The zero-order valence-corrected chi connectivity index (χ0v) is 13.0. The second-order valence-corrected chi connectivity index (χ2v) is 5.27. The lowest BCUT2D eigenvalue weighted by Crippen LogP contribution is -2.31. The number of fused-ring (bicyclic) bond motifs is 1. The van der Waals surface area contributed by atoms with E-state index in [1.54, 1.807) is 4.57 Å². The number of carbonyl (C=O) groups is 1. The van der Waals surface area contributed by atoms with Crippen LogP contribution in [0.2, 0.25) is 0 Å². The summed E-state index contributed by atoms with van der Waals surface area (Å²) < 4.78 is 6.84. The number of hydrogen-bond donors (Lipinski definition) is 1. The van der Waals surface area contributed by atoms with Crippen LogP contribution < -0.4 is 10.1 Å². The molecule has 0 aliphatic heterocycles. The molecule has 0 spiro atoms. The molecule has 0 fully saturated rings. The molecular weight excluding hydrogens is 294 g/mol. The van der Waals surface area contributed by atoms with Crippen molar-refractivity contribution in [1.82, 2.24) is 24.8 Å². The zero-order chi connectivity index (χ0) is 15.4. The summed E-state index contributed by atoms with van der Waals surface area (Å²) in [6, 6.07) is 0. The molecule has 1 amide bonds. The Bertz CT molecular complexity index is 641. The zero-order valence-electron chi connectivity index (χ0n) is 12.3. The number of nitrogens with one attached hydrogen (secondary N) is 1. The average Bonchev–Trinajstić information content (AvgIpc) is 2.83. The molecule has 2 rings (SSSR count). The van der Waals surface area contributed by atoms with Crippen LogP contribution in [-0.4, -0.2) is 39.1 Å². The smallest absolute Gasteiger partial charge is 0.245 e. The predicted octanol–water partition coefficient (Wildman–Crippen LogP) is 1.35. The number of halogens is 1. The van der Waals surface area contributed by atoms with Gasteiger partial charge in [-0.15, -0.1) is 11.6 Å². The molecule has 0 saturated heterocycles. The van der Waals surface area contributed by atoms with Crippen LogP contribution in [0.15, 0.2) is 6.33 Å². The highest BCUT2D eigenvalue weighted by Gasteiger charge is 2.17. The Morgan fingerprint density at radius 3 is 2.86 bits per heavy atom. The lowest BCUT2D eigenvalue weighted by molar-refractivity contribution is -0.121. The minimum atomic E-state index is -0.105. The van der Waals surface area contributed by atoms with Crippen molar-refractivity contribution in [2.24, 2.45) is 5.92 Å². The highest BCUT2D eigenvalue weighted by molar-refractivity contribution is 6.16. The number of imidazole rings is 1. The molecule has 2 aromatic heterocycles. The highest BCUT2D eigenvalue weighted by Crippen LogP contribution is 2.22. The maximum Gasteiger partial charge on any atom is 0.245 e. The van der Waals surface area contributed by atoms with Crippen LogP contribution in [0.3, 0.4) is 0 Å². The number of hydrogen-bond acceptors (Lipinski definition) is 5. The maximum absolute atomic E-state index is 12.0. The van der Waals surface area contributed by atoms with E-state index in [1.807, 2.05) is 13.8 Å². The van der Waals surface area contributed by atoms with Crippen LogP contribution in [0, 0.1) is 5.92 Å². The van der Waals surface area contributed by atoms with Gasteiger partial charge < -0.3 is 14.6 Å². The fourth-order valence-electron chi connectivity index (χ4n) is 1.90. The fourth-order valence-corrected chi connectivity index (χ4v) is 2.10. The molecule has 114 valence electrons. The third kappa shape index (κ3) is 3.41. The van der Waals surface area contributed by atoms with E-state index < -0.39 is 0 Å². The van der Waals surface area contributed by atoms with E-state index in [4.69, 9.17) is 16.3 Å². The van der Waals surface area contributed by atoms with Gasteiger partial charge in [-0.25, -0.2) is 9.97 Å². The molecule has 2 heterocycles. The summed E-state index contributed by atoms with van der Waals surface area (Å²) in [5.41, 5.74) is 1.05. The van der Waals surface area contributed by atoms with Gasteiger partial charge in [0.2, 0.25) is 11.8 Å². The number of nitrogens with zero attached hydrogens (tertiary/aromatic N) is 4. The summed E-state index contributed by atoms with van der Waals surface area (Å²) in [4.78, 5) is 24.5. The van der Waals surface area contributed by atoms with Crippen molar-refractivity contribution in [3.8, 4) is 5.88 Å². The van der Waals surface area contributed by atoms with Crippen LogP contribution >= 0.6 is 11.6 Å². The number of alkyl halides is 1. The summed E-state index contributed by atoms with van der Waals surface area (Å²) in [6.07, 6.45) is 1.38. The Labute approximate surface area is 127 Å². The maximum atomic E-state index is 12.0. The number of carbonyl (C=O) groups excluding carboxylic acids is 1. The third-order valence-electron chi connectivity index (χ3n) is 2.90. The molecule has 0 saturated carbocycles. The van der Waals surface area contributed by atoms with Crippen molar-refractivity contribution in [3.63, 3.8) is 0 Å². The topological polar surface area (TPSA) is 81.9 Å². The first-order valence-electron chi connectivity index (χ1n) is 6.63. The molecule has 0 unspecified atom stereocenters. The van der Waals surface area contributed by atoms with Gasteiger partial charge in [0.15, 0.2) is 11.2 Å². The second-order valence-electron chi connectivity index (χ2n) is 5.00. The third-order valence-corrected chi connectivity index (χ3v) is 3.14. The van der Waals surface area contributed by atoms with Crippen molar-refractivity contribution in [2.45, 2.75) is 26.3 Å². The minimum absolute atomic E-state index is 0.105. The molecule has 8 heteroatoms. The standard InChI is InChI=1S/C13H18ClN5O2/c1-8(2)5-15-10(20)6-19-9(4-14)18-11-12(19)16-7-17-13(11)21-3/h7-8H,4-6H2,1-3H3,(H,15,20). The molecule has 0 aliphatic carbocycles. The number of methoxy groups -OCH3 is 1. The van der Waals surface area contributed by atoms with E-state index in [2.05, 4.69) is 20.3 Å². The van der Waals surface area contributed by atoms with Gasteiger partial charge in [0.25, 0.3) is 0 Å². The Morgan fingerprint density at radius 2 is 2.24 bits per heavy atom. The molecule has 7 nitrogen and oxygen atoms in total. The van der Waals surface area contributed by atoms with Gasteiger partial charge in [-0.05, 0) is 5.92 Å². The number of amides is 1. The van der Waals surface area contributed by atoms with Crippen molar-refractivity contribution in [1.29, 1.82) is 0 Å². The van der Waals surface area contributed by atoms with E-state index in [9.17, 15) is 4.79 Å². The molecule has 0 radical (unpaired) electrons. The molecular formula is C13H18ClN5O2. The summed E-state index contributed by atoms with van der Waals surface area (Å²) >= 11 is 5.91. The van der Waals surface area contributed by atoms with E-state index in [1.165, 1.54) is 13.4 Å². The highest BCUT2D eigenvalue weighted by atomic mass is 35.5. The Balaban J connectivity index is 2.32. The largest absolute Gasteiger partial charge is 0.479 e. The van der Waals surface area contributed by atoms with Crippen molar-refractivity contribution >= 4 is 28.7 Å². The Morgan fingerprint density at radius 1 is 1.48 bits per heavy atom. The summed E-state index contributed by atoms with van der Waals surface area (Å²) in [5.74, 6) is 1.39. The Hall–Kier alpha value is -1.89. The molecule has 0 aliphatic rings. The molecule has 0 bridgehead atoms. The van der Waals surface area contributed by atoms with Crippen LogP contribution in [0.4, 0.5) is 0 Å².